The summed E-state index contributed by atoms with van der Waals surface area (Å²) in [5.41, 5.74) is 0. The number of nitrogens with zero attached hydrogens (tertiary/aromatic N) is 2. The van der Waals surface area contributed by atoms with E-state index in [4.69, 9.17) is 10.2 Å². The lowest BCUT2D eigenvalue weighted by Crippen LogP contribution is -2.44. The van der Waals surface area contributed by atoms with Gasteiger partial charge in [0.05, 0.1) is 0 Å². The predicted octanol–water partition coefficient (Wildman–Crippen LogP) is -1.74. The summed E-state index contributed by atoms with van der Waals surface area (Å²) in [6.45, 7) is -1.92. The Morgan fingerprint density at radius 2 is 1.25 bits per heavy atom. The molecule has 0 bridgehead atoms. The normalized spacial score (nSPS) is 15.2. The van der Waals surface area contributed by atoms with Crippen LogP contribution < -0.4 is 0 Å². The van der Waals surface area contributed by atoms with E-state index in [1.54, 1.807) is 0 Å². The van der Waals surface area contributed by atoms with Crippen LogP contribution in [-0.2, 0) is 0 Å². The quantitative estimate of drug-likeness (QED) is 0.382. The van der Waals surface area contributed by atoms with Gasteiger partial charge in [0, 0.05) is 9.85 Å². The molecular weight excluding hydrogens is 172 g/mol. The third-order valence-electron chi connectivity index (χ3n) is 1.36. The van der Waals surface area contributed by atoms with Gasteiger partial charge in [-0.3, -0.25) is 20.2 Å². The van der Waals surface area contributed by atoms with Crippen molar-refractivity contribution in [2.75, 3.05) is 13.2 Å². The Balaban J connectivity index is 4.44. The molecule has 0 aromatic heterocycles. The van der Waals surface area contributed by atoms with E-state index in [-0.39, 0.29) is 0 Å². The van der Waals surface area contributed by atoms with Crippen molar-refractivity contribution in [2.24, 2.45) is 0 Å². The zero-order valence-electron chi connectivity index (χ0n) is 5.99. The van der Waals surface area contributed by atoms with Crippen LogP contribution in [0.3, 0.4) is 0 Å². The molecule has 12 heavy (non-hydrogen) atoms. The average molecular weight is 180 g/mol. The van der Waals surface area contributed by atoms with Crippen molar-refractivity contribution in [3.05, 3.63) is 20.2 Å². The summed E-state index contributed by atoms with van der Waals surface area (Å²) in [5.74, 6) is 0. The van der Waals surface area contributed by atoms with Crippen LogP contribution in [-0.4, -0.2) is 45.4 Å². The van der Waals surface area contributed by atoms with E-state index in [1.807, 2.05) is 0 Å². The molecule has 0 heterocycles. The van der Waals surface area contributed by atoms with Crippen LogP contribution in [0.1, 0.15) is 0 Å². The van der Waals surface area contributed by atoms with Crippen molar-refractivity contribution in [1.82, 2.24) is 0 Å². The molecule has 0 unspecified atom stereocenters. The first kappa shape index (κ1) is 10.7. The molecule has 0 saturated carbocycles. The molecule has 0 aliphatic rings. The minimum atomic E-state index is -1.75. The van der Waals surface area contributed by atoms with Gasteiger partial charge < -0.3 is 10.2 Å². The Kier molecular flexibility index (Phi) is 4.08. The van der Waals surface area contributed by atoms with E-state index < -0.39 is 35.1 Å². The van der Waals surface area contributed by atoms with E-state index in [2.05, 4.69) is 0 Å². The Bertz CT molecular complexity index is 162. The van der Waals surface area contributed by atoms with Crippen molar-refractivity contribution >= 4 is 0 Å². The van der Waals surface area contributed by atoms with E-state index in [0.717, 1.165) is 0 Å². The lowest BCUT2D eigenvalue weighted by molar-refractivity contribution is -0.620. The van der Waals surface area contributed by atoms with E-state index in [0.29, 0.717) is 0 Å². The van der Waals surface area contributed by atoms with Crippen LogP contribution in [0, 0.1) is 20.2 Å². The van der Waals surface area contributed by atoms with E-state index >= 15 is 0 Å². The summed E-state index contributed by atoms with van der Waals surface area (Å²) >= 11 is 0. The van der Waals surface area contributed by atoms with Gasteiger partial charge in [-0.2, -0.15) is 0 Å². The van der Waals surface area contributed by atoms with Crippen LogP contribution in [0.2, 0.25) is 0 Å². The predicted molar refractivity (Wildman–Crippen MR) is 35.7 cm³/mol. The highest BCUT2D eigenvalue weighted by atomic mass is 16.6. The maximum atomic E-state index is 10.1. The molecule has 0 spiro atoms. The Hall–Kier alpha value is -1.28. The lowest BCUT2D eigenvalue weighted by atomic mass is 10.1. The summed E-state index contributed by atoms with van der Waals surface area (Å²) in [6.07, 6.45) is 0. The van der Waals surface area contributed by atoms with E-state index in [9.17, 15) is 20.2 Å². The first-order valence-corrected chi connectivity index (χ1v) is 3.03. The van der Waals surface area contributed by atoms with Gasteiger partial charge in [0.1, 0.15) is 13.2 Å². The minimum absolute atomic E-state index is 0.959. The summed E-state index contributed by atoms with van der Waals surface area (Å²) < 4.78 is 0. The van der Waals surface area contributed by atoms with Gasteiger partial charge >= 0.3 is 12.1 Å². The maximum absolute atomic E-state index is 10.1. The van der Waals surface area contributed by atoms with Crippen LogP contribution in [0.15, 0.2) is 0 Å². The molecule has 0 aromatic carbocycles. The molecular formula is C4H8N2O6. The van der Waals surface area contributed by atoms with Crippen LogP contribution in [0.5, 0.6) is 0 Å². The molecule has 0 aliphatic carbocycles. The molecule has 2 N–H and O–H groups in total. The molecule has 0 rings (SSSR count). The van der Waals surface area contributed by atoms with Gasteiger partial charge in [-0.05, 0) is 0 Å². The molecule has 0 aromatic rings. The first-order chi connectivity index (χ1) is 5.54. The smallest absolute Gasteiger partial charge is 0.303 e. The van der Waals surface area contributed by atoms with Crippen molar-refractivity contribution in [3.63, 3.8) is 0 Å². The second-order valence-electron chi connectivity index (χ2n) is 2.07. The van der Waals surface area contributed by atoms with Gasteiger partial charge in [-0.15, -0.1) is 0 Å². The monoisotopic (exact) mass is 180 g/mol. The molecule has 0 saturated heterocycles. The fraction of sp³-hybridized carbons (Fsp3) is 1.00. The van der Waals surface area contributed by atoms with Crippen molar-refractivity contribution in [3.8, 4) is 0 Å². The number of hydrogen-bond donors (Lipinski definition) is 2. The molecule has 8 heteroatoms. The number of aliphatic hydroxyl groups is 2. The molecule has 0 radical (unpaired) electrons. The minimum Gasteiger partial charge on any atom is -0.389 e. The molecule has 0 fully saturated rings. The Labute approximate surface area is 66.7 Å². The summed E-state index contributed by atoms with van der Waals surface area (Å²) in [7, 11) is 0. The van der Waals surface area contributed by atoms with Crippen molar-refractivity contribution in [1.29, 1.82) is 0 Å². The van der Waals surface area contributed by atoms with Crippen molar-refractivity contribution < 1.29 is 20.1 Å². The third kappa shape index (κ3) is 2.40. The highest BCUT2D eigenvalue weighted by Crippen LogP contribution is 2.00. The summed E-state index contributed by atoms with van der Waals surface area (Å²) in [4.78, 5) is 18.2. The topological polar surface area (TPSA) is 127 Å². The molecule has 2 atom stereocenters. The Morgan fingerprint density at radius 1 is 1.00 bits per heavy atom. The SMILES string of the molecule is O=[N+]([O-])[C@H](CO)[C@@H](CO)[N+](=O)[O-]. The highest BCUT2D eigenvalue weighted by Gasteiger charge is 2.39. The second kappa shape index (κ2) is 4.57. The van der Waals surface area contributed by atoms with E-state index in [1.165, 1.54) is 0 Å². The maximum Gasteiger partial charge on any atom is 0.303 e. The van der Waals surface area contributed by atoms with Gasteiger partial charge in [0.15, 0.2) is 0 Å². The standard InChI is InChI=1S/C4H8N2O6/c7-1-3(5(9)10)4(2-8)6(11)12/h3-4,7-8H,1-2H2/t3-,4-/m1/s1. The molecule has 70 valence electrons. The fourth-order valence-corrected chi connectivity index (χ4v) is 0.658. The fourth-order valence-electron chi connectivity index (χ4n) is 0.658. The highest BCUT2D eigenvalue weighted by molar-refractivity contribution is 4.66. The van der Waals surface area contributed by atoms with Gasteiger partial charge in [-0.25, -0.2) is 0 Å². The number of rotatable bonds is 5. The number of nitro groups is 2. The first-order valence-electron chi connectivity index (χ1n) is 3.03. The Morgan fingerprint density at radius 3 is 1.33 bits per heavy atom. The van der Waals surface area contributed by atoms with Crippen molar-refractivity contribution in [2.45, 2.75) is 12.1 Å². The third-order valence-corrected chi connectivity index (χ3v) is 1.36. The summed E-state index contributed by atoms with van der Waals surface area (Å²) in [6, 6.07) is -3.49. The zero-order chi connectivity index (χ0) is 9.72. The van der Waals surface area contributed by atoms with Crippen LogP contribution in [0.25, 0.3) is 0 Å². The number of hydrogen-bond acceptors (Lipinski definition) is 6. The van der Waals surface area contributed by atoms with Crippen LogP contribution >= 0.6 is 0 Å². The van der Waals surface area contributed by atoms with Gasteiger partial charge in [0.25, 0.3) is 0 Å². The van der Waals surface area contributed by atoms with Crippen LogP contribution in [0.4, 0.5) is 0 Å². The van der Waals surface area contributed by atoms with Gasteiger partial charge in [0.2, 0.25) is 0 Å². The lowest BCUT2D eigenvalue weighted by Gasteiger charge is -2.09. The largest absolute Gasteiger partial charge is 0.389 e. The van der Waals surface area contributed by atoms with Gasteiger partial charge in [-0.1, -0.05) is 0 Å². The number of aliphatic hydroxyl groups excluding tert-OH is 2. The zero-order valence-corrected chi connectivity index (χ0v) is 5.99. The average Bonchev–Trinajstić information content (AvgIpc) is 1.98. The molecule has 0 aliphatic heterocycles. The molecule has 0 amide bonds. The second-order valence-corrected chi connectivity index (χ2v) is 2.07. The summed E-state index contributed by atoms with van der Waals surface area (Å²) in [5, 5.41) is 36.9. The molecule has 8 nitrogen and oxygen atoms in total.